The zero-order valence-electron chi connectivity index (χ0n) is 11.9. The number of carbonyl (C=O) groups excluding carboxylic acids is 1. The van der Waals surface area contributed by atoms with Crippen molar-refractivity contribution in [3.05, 3.63) is 47.5 Å². The van der Waals surface area contributed by atoms with E-state index in [-0.39, 0.29) is 5.91 Å². The Labute approximate surface area is 128 Å². The van der Waals surface area contributed by atoms with E-state index in [0.717, 1.165) is 13.0 Å². The Balaban J connectivity index is 1.55. The van der Waals surface area contributed by atoms with Gasteiger partial charge in [-0.3, -0.25) is 9.69 Å². The van der Waals surface area contributed by atoms with Crippen LogP contribution in [0.4, 0.5) is 5.13 Å². The zero-order valence-corrected chi connectivity index (χ0v) is 12.7. The fourth-order valence-corrected chi connectivity index (χ4v) is 3.39. The van der Waals surface area contributed by atoms with Gasteiger partial charge in [0.25, 0.3) is 0 Å². The average Bonchev–Trinajstić information content (AvgIpc) is 3.13. The summed E-state index contributed by atoms with van der Waals surface area (Å²) in [6.45, 7) is 1.46. The minimum atomic E-state index is 0.0323. The molecule has 0 spiro atoms. The molecule has 1 N–H and O–H groups in total. The molecule has 1 saturated heterocycles. The summed E-state index contributed by atoms with van der Waals surface area (Å²) >= 11 is 1.45. The summed E-state index contributed by atoms with van der Waals surface area (Å²) < 4.78 is 0. The quantitative estimate of drug-likeness (QED) is 0.923. The molecule has 1 aliphatic rings. The summed E-state index contributed by atoms with van der Waals surface area (Å²) in [5.74, 6) is 0.0323. The molecule has 1 aliphatic heterocycles. The second kappa shape index (κ2) is 6.83. The van der Waals surface area contributed by atoms with Gasteiger partial charge in [-0.25, -0.2) is 4.98 Å². The Morgan fingerprint density at radius 1 is 1.38 bits per heavy atom. The largest absolute Gasteiger partial charge is 0.301 e. The van der Waals surface area contributed by atoms with Crippen molar-refractivity contribution in [1.82, 2.24) is 9.88 Å². The Bertz CT molecular complexity index is 570. The second-order valence-corrected chi connectivity index (χ2v) is 6.24. The van der Waals surface area contributed by atoms with Crippen LogP contribution in [0, 0.1) is 0 Å². The SMILES string of the molecule is O=C(CN1CCC[C@H]1Cc1ccccc1)Nc1nccs1. The molecule has 110 valence electrons. The van der Waals surface area contributed by atoms with Crippen molar-refractivity contribution in [2.75, 3.05) is 18.4 Å². The highest BCUT2D eigenvalue weighted by atomic mass is 32.1. The van der Waals surface area contributed by atoms with Crippen LogP contribution in [0.3, 0.4) is 0 Å². The van der Waals surface area contributed by atoms with E-state index in [2.05, 4.69) is 39.5 Å². The summed E-state index contributed by atoms with van der Waals surface area (Å²) in [5, 5.41) is 5.40. The van der Waals surface area contributed by atoms with Crippen LogP contribution in [-0.2, 0) is 11.2 Å². The van der Waals surface area contributed by atoms with Gasteiger partial charge in [-0.2, -0.15) is 0 Å². The van der Waals surface area contributed by atoms with E-state index >= 15 is 0 Å². The topological polar surface area (TPSA) is 45.2 Å². The maximum absolute atomic E-state index is 12.1. The fraction of sp³-hybridized carbons (Fsp3) is 0.375. The highest BCUT2D eigenvalue weighted by Crippen LogP contribution is 2.21. The van der Waals surface area contributed by atoms with Gasteiger partial charge in [-0.05, 0) is 31.4 Å². The Hall–Kier alpha value is -1.72. The molecule has 2 heterocycles. The van der Waals surface area contributed by atoms with Crippen molar-refractivity contribution >= 4 is 22.4 Å². The van der Waals surface area contributed by atoms with Crippen LogP contribution >= 0.6 is 11.3 Å². The van der Waals surface area contributed by atoms with Crippen LogP contribution in [0.5, 0.6) is 0 Å². The van der Waals surface area contributed by atoms with E-state index in [0.29, 0.717) is 17.7 Å². The lowest BCUT2D eigenvalue weighted by atomic mass is 10.0. The molecule has 21 heavy (non-hydrogen) atoms. The summed E-state index contributed by atoms with van der Waals surface area (Å²) in [5.41, 5.74) is 1.34. The molecule has 1 aromatic carbocycles. The Morgan fingerprint density at radius 3 is 3.00 bits per heavy atom. The number of aromatic nitrogens is 1. The first-order valence-corrected chi connectivity index (χ1v) is 8.16. The number of benzene rings is 1. The highest BCUT2D eigenvalue weighted by molar-refractivity contribution is 7.13. The van der Waals surface area contributed by atoms with Crippen molar-refractivity contribution in [3.8, 4) is 0 Å². The van der Waals surface area contributed by atoms with Crippen molar-refractivity contribution in [2.45, 2.75) is 25.3 Å². The van der Waals surface area contributed by atoms with E-state index in [1.165, 1.54) is 29.7 Å². The number of hydrogen-bond acceptors (Lipinski definition) is 4. The summed E-state index contributed by atoms with van der Waals surface area (Å²) in [6, 6.07) is 11.0. The molecule has 1 amide bonds. The summed E-state index contributed by atoms with van der Waals surface area (Å²) in [4.78, 5) is 18.5. The molecular weight excluding hydrogens is 282 g/mol. The van der Waals surface area contributed by atoms with Gasteiger partial charge in [0.05, 0.1) is 6.54 Å². The Morgan fingerprint density at radius 2 is 2.24 bits per heavy atom. The van der Waals surface area contributed by atoms with Gasteiger partial charge < -0.3 is 5.32 Å². The van der Waals surface area contributed by atoms with Crippen molar-refractivity contribution < 1.29 is 4.79 Å². The minimum Gasteiger partial charge on any atom is -0.301 e. The molecule has 0 radical (unpaired) electrons. The summed E-state index contributed by atoms with van der Waals surface area (Å²) in [6.07, 6.45) is 5.06. The van der Waals surface area contributed by atoms with Crippen LogP contribution < -0.4 is 5.32 Å². The molecule has 1 atom stereocenters. The zero-order chi connectivity index (χ0) is 14.5. The van der Waals surface area contributed by atoms with E-state index < -0.39 is 0 Å². The van der Waals surface area contributed by atoms with Crippen LogP contribution in [0.25, 0.3) is 0 Å². The molecule has 0 saturated carbocycles. The molecule has 0 unspecified atom stereocenters. The maximum atomic E-state index is 12.1. The third-order valence-electron chi connectivity index (χ3n) is 3.84. The first kappa shape index (κ1) is 14.2. The molecule has 5 heteroatoms. The molecule has 3 rings (SSSR count). The lowest BCUT2D eigenvalue weighted by molar-refractivity contribution is -0.117. The molecular formula is C16H19N3OS. The van der Waals surface area contributed by atoms with Crippen LogP contribution in [0.1, 0.15) is 18.4 Å². The van der Waals surface area contributed by atoms with Crippen molar-refractivity contribution in [1.29, 1.82) is 0 Å². The first-order valence-electron chi connectivity index (χ1n) is 7.28. The van der Waals surface area contributed by atoms with Crippen LogP contribution in [0.2, 0.25) is 0 Å². The third-order valence-corrected chi connectivity index (χ3v) is 4.53. The maximum Gasteiger partial charge on any atom is 0.240 e. The highest BCUT2D eigenvalue weighted by Gasteiger charge is 2.26. The minimum absolute atomic E-state index is 0.0323. The number of nitrogens with one attached hydrogen (secondary N) is 1. The first-order chi connectivity index (χ1) is 10.3. The monoisotopic (exact) mass is 301 g/mol. The normalized spacial score (nSPS) is 18.8. The van der Waals surface area contributed by atoms with E-state index in [1.54, 1.807) is 6.20 Å². The number of nitrogens with zero attached hydrogens (tertiary/aromatic N) is 2. The summed E-state index contributed by atoms with van der Waals surface area (Å²) in [7, 11) is 0. The van der Waals surface area contributed by atoms with Gasteiger partial charge in [0.15, 0.2) is 5.13 Å². The van der Waals surface area contributed by atoms with Gasteiger partial charge in [-0.15, -0.1) is 11.3 Å². The second-order valence-electron chi connectivity index (χ2n) is 5.34. The number of rotatable bonds is 5. The van der Waals surface area contributed by atoms with E-state index in [9.17, 15) is 4.79 Å². The predicted molar refractivity (Wildman–Crippen MR) is 85.5 cm³/mol. The predicted octanol–water partition coefficient (Wildman–Crippen LogP) is 2.79. The number of amides is 1. The Kier molecular flexibility index (Phi) is 4.62. The van der Waals surface area contributed by atoms with Crippen molar-refractivity contribution in [2.24, 2.45) is 0 Å². The standard InChI is InChI=1S/C16H19N3OS/c20-15(18-16-17-8-10-21-16)12-19-9-4-7-14(19)11-13-5-2-1-3-6-13/h1-3,5-6,8,10,14H,4,7,9,11-12H2,(H,17,18,20)/t14-/m0/s1. The van der Waals surface area contributed by atoms with Gasteiger partial charge >= 0.3 is 0 Å². The van der Waals surface area contributed by atoms with Crippen LogP contribution in [0.15, 0.2) is 41.9 Å². The average molecular weight is 301 g/mol. The van der Waals surface area contributed by atoms with E-state index in [1.807, 2.05) is 11.4 Å². The fourth-order valence-electron chi connectivity index (χ4n) is 2.85. The molecule has 0 bridgehead atoms. The lowest BCUT2D eigenvalue weighted by Gasteiger charge is -2.23. The number of carbonyl (C=O) groups is 1. The number of likely N-dealkylation sites (tertiary alicyclic amines) is 1. The number of thiazole rings is 1. The van der Waals surface area contributed by atoms with Gasteiger partial charge in [0.2, 0.25) is 5.91 Å². The van der Waals surface area contributed by atoms with E-state index in [4.69, 9.17) is 0 Å². The van der Waals surface area contributed by atoms with Crippen LogP contribution in [-0.4, -0.2) is 34.9 Å². The van der Waals surface area contributed by atoms with Gasteiger partial charge in [0, 0.05) is 17.6 Å². The lowest BCUT2D eigenvalue weighted by Crippen LogP contribution is -2.37. The number of hydrogen-bond donors (Lipinski definition) is 1. The third kappa shape index (κ3) is 3.89. The van der Waals surface area contributed by atoms with Gasteiger partial charge in [-0.1, -0.05) is 30.3 Å². The molecule has 1 aromatic heterocycles. The smallest absolute Gasteiger partial charge is 0.240 e. The molecule has 1 fully saturated rings. The van der Waals surface area contributed by atoms with Crippen molar-refractivity contribution in [3.63, 3.8) is 0 Å². The molecule has 0 aliphatic carbocycles. The number of anilines is 1. The molecule has 4 nitrogen and oxygen atoms in total. The van der Waals surface area contributed by atoms with Gasteiger partial charge in [0.1, 0.15) is 0 Å². The molecule has 2 aromatic rings.